The molecule has 0 saturated heterocycles. The zero-order chi connectivity index (χ0) is 12.8. The van der Waals surface area contributed by atoms with E-state index >= 15 is 0 Å². The number of rotatable bonds is 12. The first-order valence-electron chi connectivity index (χ1n) is 7.01. The van der Waals surface area contributed by atoms with Gasteiger partial charge in [-0.05, 0) is 6.42 Å². The van der Waals surface area contributed by atoms with E-state index < -0.39 is 0 Å². The molecule has 0 rings (SSSR count). The first-order chi connectivity index (χ1) is 8.31. The zero-order valence-electron chi connectivity index (χ0n) is 11.2. The fraction of sp³-hybridized carbons (Fsp3) is 0.857. The van der Waals surface area contributed by atoms with E-state index in [0.29, 0.717) is 12.7 Å². The number of unbranched alkanes of at least 4 members (excludes halogenated alkanes) is 8. The number of aldehydes is 1. The van der Waals surface area contributed by atoms with Gasteiger partial charge in [0.05, 0.1) is 6.54 Å². The molecule has 3 nitrogen and oxygen atoms in total. The summed E-state index contributed by atoms with van der Waals surface area (Å²) < 4.78 is 0. The molecule has 0 unspecified atom stereocenters. The summed E-state index contributed by atoms with van der Waals surface area (Å²) in [7, 11) is 0. The van der Waals surface area contributed by atoms with Crippen LogP contribution in [0.3, 0.4) is 0 Å². The number of hydrogen-bond donors (Lipinski definition) is 1. The number of carbonyl (C=O) groups excluding carboxylic acids is 2. The number of carbonyl (C=O) groups is 2. The Hall–Kier alpha value is 0.776. The molecule has 0 aromatic carbocycles. The molecule has 102 valence electrons. The van der Waals surface area contributed by atoms with Gasteiger partial charge in [-0.1, -0.05) is 58.3 Å². The van der Waals surface area contributed by atoms with E-state index in [-0.39, 0.29) is 63.8 Å². The van der Waals surface area contributed by atoms with Gasteiger partial charge in [-0.15, -0.1) is 0 Å². The second-order valence-corrected chi connectivity index (χ2v) is 4.55. The van der Waals surface area contributed by atoms with E-state index in [0.717, 1.165) is 12.8 Å². The van der Waals surface area contributed by atoms with Gasteiger partial charge in [0, 0.05) is 6.42 Å². The summed E-state index contributed by atoms with van der Waals surface area (Å²) in [5.74, 6) is 0.0000424. The molecule has 0 saturated carbocycles. The maximum absolute atomic E-state index is 11.1. The minimum atomic E-state index is 0. The number of nitrogens with one attached hydrogen (secondary N) is 1. The van der Waals surface area contributed by atoms with Gasteiger partial charge in [0.1, 0.15) is 6.29 Å². The summed E-state index contributed by atoms with van der Waals surface area (Å²) in [6.45, 7) is 2.38. The van der Waals surface area contributed by atoms with Crippen molar-refractivity contribution in [1.82, 2.24) is 5.32 Å². The first kappa shape index (κ1) is 21.1. The Kier molecular flexibility index (Phi) is 20.8. The van der Waals surface area contributed by atoms with E-state index in [1.807, 2.05) is 0 Å². The van der Waals surface area contributed by atoms with Crippen LogP contribution in [-0.2, 0) is 9.59 Å². The molecular weight excluding hydrogens is 253 g/mol. The molecule has 1 N–H and O–H groups in total. The van der Waals surface area contributed by atoms with Crippen LogP contribution < -0.4 is 5.32 Å². The molecule has 0 bridgehead atoms. The van der Waals surface area contributed by atoms with Crippen LogP contribution in [0.4, 0.5) is 0 Å². The fourth-order valence-electron chi connectivity index (χ4n) is 1.84. The summed E-state index contributed by atoms with van der Waals surface area (Å²) in [5.41, 5.74) is 0. The molecule has 0 aliphatic carbocycles. The van der Waals surface area contributed by atoms with Crippen LogP contribution in [0.2, 0.25) is 0 Å². The molecule has 0 fully saturated rings. The van der Waals surface area contributed by atoms with Gasteiger partial charge in [0.25, 0.3) is 0 Å². The SMILES string of the molecule is CCCCCCCCCCCC(=O)NCC=O.[KH]. The molecule has 0 spiro atoms. The first-order valence-corrected chi connectivity index (χ1v) is 7.01. The second-order valence-electron chi connectivity index (χ2n) is 4.55. The van der Waals surface area contributed by atoms with E-state index in [1.165, 1.54) is 44.9 Å². The van der Waals surface area contributed by atoms with Crippen molar-refractivity contribution in [3.05, 3.63) is 0 Å². The Morgan fingerprint density at radius 3 is 1.94 bits per heavy atom. The molecule has 18 heavy (non-hydrogen) atoms. The van der Waals surface area contributed by atoms with Gasteiger partial charge in [-0.25, -0.2) is 0 Å². The molecule has 4 heteroatoms. The second kappa shape index (κ2) is 17.8. The average Bonchev–Trinajstić information content (AvgIpc) is 2.34. The van der Waals surface area contributed by atoms with Crippen molar-refractivity contribution < 1.29 is 9.59 Å². The van der Waals surface area contributed by atoms with Crippen molar-refractivity contribution in [1.29, 1.82) is 0 Å². The number of amides is 1. The van der Waals surface area contributed by atoms with Crippen LogP contribution in [0.25, 0.3) is 0 Å². The third-order valence-corrected chi connectivity index (χ3v) is 2.89. The fourth-order valence-corrected chi connectivity index (χ4v) is 1.84. The monoisotopic (exact) mass is 281 g/mol. The predicted octanol–water partition coefficient (Wildman–Crippen LogP) is 2.57. The number of hydrogen-bond acceptors (Lipinski definition) is 2. The van der Waals surface area contributed by atoms with Gasteiger partial charge in [0.2, 0.25) is 5.91 Å². The molecule has 0 aromatic heterocycles. The van der Waals surface area contributed by atoms with Gasteiger partial charge < -0.3 is 10.1 Å². The average molecular weight is 281 g/mol. The Labute approximate surface area is 154 Å². The van der Waals surface area contributed by atoms with Crippen molar-refractivity contribution in [2.75, 3.05) is 6.54 Å². The topological polar surface area (TPSA) is 46.2 Å². The normalized spacial score (nSPS) is 9.61. The van der Waals surface area contributed by atoms with Gasteiger partial charge in [-0.2, -0.15) is 0 Å². The van der Waals surface area contributed by atoms with Gasteiger partial charge in [-0.3, -0.25) is 4.79 Å². The van der Waals surface area contributed by atoms with Crippen molar-refractivity contribution in [3.8, 4) is 0 Å². The summed E-state index contributed by atoms with van der Waals surface area (Å²) in [6, 6.07) is 0. The maximum atomic E-state index is 11.1. The van der Waals surface area contributed by atoms with Crippen LogP contribution in [-0.4, -0.2) is 70.1 Å². The molecule has 0 heterocycles. The Morgan fingerprint density at radius 1 is 0.944 bits per heavy atom. The summed E-state index contributed by atoms with van der Waals surface area (Å²) >= 11 is 0. The molecular formula is C14H28KNO2. The van der Waals surface area contributed by atoms with E-state index in [2.05, 4.69) is 12.2 Å². The van der Waals surface area contributed by atoms with Crippen LogP contribution in [0.1, 0.15) is 71.1 Å². The van der Waals surface area contributed by atoms with Crippen molar-refractivity contribution in [3.63, 3.8) is 0 Å². The van der Waals surface area contributed by atoms with Crippen molar-refractivity contribution in [2.24, 2.45) is 0 Å². The van der Waals surface area contributed by atoms with Crippen molar-refractivity contribution >= 4 is 63.6 Å². The Bertz CT molecular complexity index is 198. The van der Waals surface area contributed by atoms with Crippen LogP contribution in [0.5, 0.6) is 0 Å². The molecule has 0 aliphatic heterocycles. The zero-order valence-corrected chi connectivity index (χ0v) is 11.2. The van der Waals surface area contributed by atoms with Gasteiger partial charge >= 0.3 is 51.4 Å². The molecule has 0 aliphatic rings. The molecule has 0 atom stereocenters. The minimum absolute atomic E-state index is 0. The van der Waals surface area contributed by atoms with E-state index in [1.54, 1.807) is 0 Å². The van der Waals surface area contributed by atoms with Crippen LogP contribution in [0, 0.1) is 0 Å². The molecule has 1 amide bonds. The van der Waals surface area contributed by atoms with E-state index in [4.69, 9.17) is 0 Å². The molecule has 0 radical (unpaired) electrons. The quantitative estimate of drug-likeness (QED) is 0.339. The summed E-state index contributed by atoms with van der Waals surface area (Å²) in [4.78, 5) is 21.2. The van der Waals surface area contributed by atoms with Gasteiger partial charge in [0.15, 0.2) is 0 Å². The van der Waals surface area contributed by atoms with Crippen LogP contribution in [0.15, 0.2) is 0 Å². The third kappa shape index (κ3) is 16.8. The predicted molar refractivity (Wildman–Crippen MR) is 78.1 cm³/mol. The summed E-state index contributed by atoms with van der Waals surface area (Å²) in [5, 5.41) is 2.55. The standard InChI is InChI=1S/C14H27NO2.K.H/c1-2-3-4-5-6-7-8-9-10-11-14(17)15-12-13-16;;/h13H,2-12H2,1H3,(H,15,17);;. The van der Waals surface area contributed by atoms with Crippen LogP contribution >= 0.6 is 0 Å². The molecule has 0 aromatic rings. The Balaban J connectivity index is 0. The Morgan fingerprint density at radius 2 is 1.44 bits per heavy atom. The van der Waals surface area contributed by atoms with E-state index in [9.17, 15) is 9.59 Å². The third-order valence-electron chi connectivity index (χ3n) is 2.89. The van der Waals surface area contributed by atoms with Crippen molar-refractivity contribution in [2.45, 2.75) is 71.1 Å². The summed E-state index contributed by atoms with van der Waals surface area (Å²) in [6.07, 6.45) is 12.6.